The van der Waals surface area contributed by atoms with E-state index in [-0.39, 0.29) is 13.2 Å². The molecule has 0 amide bonds. The van der Waals surface area contributed by atoms with E-state index in [9.17, 15) is 8.78 Å². The Labute approximate surface area is 99.3 Å². The zero-order valence-corrected chi connectivity index (χ0v) is 9.57. The summed E-state index contributed by atoms with van der Waals surface area (Å²) in [5.74, 6) is -1.21. The minimum Gasteiger partial charge on any atom is -0.396 e. The maximum absolute atomic E-state index is 13.0. The highest BCUT2D eigenvalue weighted by Gasteiger charge is 2.07. The van der Waals surface area contributed by atoms with E-state index in [0.717, 1.165) is 6.07 Å². The maximum Gasteiger partial charge on any atom is 0.126 e. The van der Waals surface area contributed by atoms with Crippen molar-refractivity contribution in [2.24, 2.45) is 0 Å². The van der Waals surface area contributed by atoms with E-state index in [1.165, 1.54) is 12.1 Å². The molecule has 0 aliphatic rings. The highest BCUT2D eigenvalue weighted by molar-refractivity contribution is 5.17. The number of benzene rings is 1. The Morgan fingerprint density at radius 2 is 1.59 bits per heavy atom. The summed E-state index contributed by atoms with van der Waals surface area (Å²) in [4.78, 5) is 1.84. The lowest BCUT2D eigenvalue weighted by Gasteiger charge is -2.20. The SMILES string of the molecule is OCCCN(CCO)Cc1cc(F)cc(F)c1. The molecule has 0 heterocycles. The molecule has 0 aromatic heterocycles. The van der Waals surface area contributed by atoms with Crippen LogP contribution in [0.2, 0.25) is 0 Å². The van der Waals surface area contributed by atoms with Crippen molar-refractivity contribution in [2.75, 3.05) is 26.3 Å². The molecule has 0 aliphatic heterocycles. The van der Waals surface area contributed by atoms with Gasteiger partial charge in [-0.3, -0.25) is 4.90 Å². The average Bonchev–Trinajstić information content (AvgIpc) is 2.24. The molecule has 2 N–H and O–H groups in total. The van der Waals surface area contributed by atoms with Crippen molar-refractivity contribution in [3.05, 3.63) is 35.4 Å². The summed E-state index contributed by atoms with van der Waals surface area (Å²) in [5, 5.41) is 17.6. The van der Waals surface area contributed by atoms with Gasteiger partial charge in [0.25, 0.3) is 0 Å². The molecule has 0 atom stereocenters. The molecular formula is C12H17F2NO2. The average molecular weight is 245 g/mol. The van der Waals surface area contributed by atoms with Crippen LogP contribution in [-0.2, 0) is 6.54 Å². The lowest BCUT2D eigenvalue weighted by atomic mass is 10.2. The molecule has 5 heteroatoms. The second-order valence-electron chi connectivity index (χ2n) is 3.85. The van der Waals surface area contributed by atoms with Crippen LogP contribution in [0.4, 0.5) is 8.78 Å². The van der Waals surface area contributed by atoms with Crippen LogP contribution in [0.3, 0.4) is 0 Å². The fraction of sp³-hybridized carbons (Fsp3) is 0.500. The van der Waals surface area contributed by atoms with Crippen LogP contribution in [0.25, 0.3) is 0 Å². The van der Waals surface area contributed by atoms with Gasteiger partial charge in [-0.15, -0.1) is 0 Å². The minimum absolute atomic E-state index is 0.0246. The van der Waals surface area contributed by atoms with E-state index < -0.39 is 11.6 Å². The van der Waals surface area contributed by atoms with Crippen LogP contribution in [0.5, 0.6) is 0 Å². The molecule has 0 saturated heterocycles. The smallest absolute Gasteiger partial charge is 0.126 e. The molecule has 0 radical (unpaired) electrons. The number of hydrogen-bond donors (Lipinski definition) is 2. The third-order valence-corrected chi connectivity index (χ3v) is 2.38. The maximum atomic E-state index is 13.0. The second kappa shape index (κ2) is 7.32. The standard InChI is InChI=1S/C12H17F2NO2/c13-11-6-10(7-12(14)8-11)9-15(3-5-17)2-1-4-16/h6-8,16-17H,1-5,9H2. The van der Waals surface area contributed by atoms with Gasteiger partial charge in [0, 0.05) is 32.3 Å². The highest BCUT2D eigenvalue weighted by atomic mass is 19.1. The Kier molecular flexibility index (Phi) is 6.04. The Bertz CT molecular complexity index is 327. The number of rotatable bonds is 7. The number of hydrogen-bond acceptors (Lipinski definition) is 3. The fourth-order valence-corrected chi connectivity index (χ4v) is 1.67. The van der Waals surface area contributed by atoms with Crippen molar-refractivity contribution in [3.63, 3.8) is 0 Å². The van der Waals surface area contributed by atoms with Crippen molar-refractivity contribution in [1.82, 2.24) is 4.90 Å². The Morgan fingerprint density at radius 3 is 2.12 bits per heavy atom. The summed E-state index contributed by atoms with van der Waals surface area (Å²) < 4.78 is 25.9. The van der Waals surface area contributed by atoms with E-state index in [1.54, 1.807) is 0 Å². The molecule has 17 heavy (non-hydrogen) atoms. The summed E-state index contributed by atoms with van der Waals surface area (Å²) in [6.45, 7) is 1.38. The van der Waals surface area contributed by atoms with Gasteiger partial charge >= 0.3 is 0 Å². The molecule has 1 aromatic carbocycles. The summed E-state index contributed by atoms with van der Waals surface area (Å²) in [6.07, 6.45) is 0.567. The van der Waals surface area contributed by atoms with Gasteiger partial charge in [-0.25, -0.2) is 8.78 Å². The van der Waals surface area contributed by atoms with Gasteiger partial charge in [0.2, 0.25) is 0 Å². The molecule has 3 nitrogen and oxygen atoms in total. The first kappa shape index (κ1) is 14.0. The van der Waals surface area contributed by atoms with Gasteiger partial charge in [0.1, 0.15) is 11.6 Å². The molecule has 0 aliphatic carbocycles. The number of halogens is 2. The molecule has 0 unspecified atom stereocenters. The number of nitrogens with zero attached hydrogens (tertiary/aromatic N) is 1. The number of aliphatic hydroxyl groups is 2. The predicted molar refractivity (Wildman–Crippen MR) is 60.4 cm³/mol. The van der Waals surface area contributed by atoms with Crippen LogP contribution in [0.1, 0.15) is 12.0 Å². The summed E-state index contributed by atoms with van der Waals surface area (Å²) in [6, 6.07) is 3.37. The van der Waals surface area contributed by atoms with Crippen molar-refractivity contribution in [3.8, 4) is 0 Å². The van der Waals surface area contributed by atoms with Crippen LogP contribution in [-0.4, -0.2) is 41.4 Å². The normalized spacial score (nSPS) is 11.1. The topological polar surface area (TPSA) is 43.7 Å². The Morgan fingerprint density at radius 1 is 0.941 bits per heavy atom. The molecule has 1 rings (SSSR count). The van der Waals surface area contributed by atoms with Crippen molar-refractivity contribution >= 4 is 0 Å². The minimum atomic E-state index is -0.605. The van der Waals surface area contributed by atoms with Crippen LogP contribution < -0.4 is 0 Å². The third-order valence-electron chi connectivity index (χ3n) is 2.38. The molecular weight excluding hydrogens is 228 g/mol. The molecule has 0 bridgehead atoms. The monoisotopic (exact) mass is 245 g/mol. The zero-order valence-electron chi connectivity index (χ0n) is 9.57. The summed E-state index contributed by atoms with van der Waals surface area (Å²) in [7, 11) is 0. The van der Waals surface area contributed by atoms with Gasteiger partial charge in [-0.1, -0.05) is 0 Å². The van der Waals surface area contributed by atoms with E-state index >= 15 is 0 Å². The van der Waals surface area contributed by atoms with E-state index in [0.29, 0.717) is 31.6 Å². The lowest BCUT2D eigenvalue weighted by Crippen LogP contribution is -2.28. The summed E-state index contributed by atoms with van der Waals surface area (Å²) >= 11 is 0. The predicted octanol–water partition coefficient (Wildman–Crippen LogP) is 1.14. The van der Waals surface area contributed by atoms with Gasteiger partial charge in [0.15, 0.2) is 0 Å². The van der Waals surface area contributed by atoms with Gasteiger partial charge < -0.3 is 10.2 Å². The third kappa shape index (κ3) is 5.21. The zero-order chi connectivity index (χ0) is 12.7. The van der Waals surface area contributed by atoms with Gasteiger partial charge in [-0.05, 0) is 24.1 Å². The fourth-order valence-electron chi connectivity index (χ4n) is 1.67. The molecule has 0 saturated carbocycles. The van der Waals surface area contributed by atoms with Crippen molar-refractivity contribution in [2.45, 2.75) is 13.0 Å². The van der Waals surface area contributed by atoms with E-state index in [2.05, 4.69) is 0 Å². The van der Waals surface area contributed by atoms with Crippen molar-refractivity contribution in [1.29, 1.82) is 0 Å². The van der Waals surface area contributed by atoms with Crippen LogP contribution in [0.15, 0.2) is 18.2 Å². The quantitative estimate of drug-likeness (QED) is 0.757. The Balaban J connectivity index is 2.63. The Hall–Kier alpha value is -1.04. The number of aliphatic hydroxyl groups excluding tert-OH is 2. The first-order valence-electron chi connectivity index (χ1n) is 5.54. The molecule has 1 aromatic rings. The first-order chi connectivity index (χ1) is 8.15. The van der Waals surface area contributed by atoms with Crippen molar-refractivity contribution < 1.29 is 19.0 Å². The molecule has 0 fully saturated rings. The van der Waals surface area contributed by atoms with Gasteiger partial charge in [0.05, 0.1) is 6.61 Å². The van der Waals surface area contributed by atoms with Crippen LogP contribution in [0, 0.1) is 11.6 Å². The largest absolute Gasteiger partial charge is 0.396 e. The highest BCUT2D eigenvalue weighted by Crippen LogP contribution is 2.10. The van der Waals surface area contributed by atoms with Crippen LogP contribution >= 0.6 is 0 Å². The lowest BCUT2D eigenvalue weighted by molar-refractivity contribution is 0.174. The van der Waals surface area contributed by atoms with E-state index in [1.807, 2.05) is 4.90 Å². The second-order valence-corrected chi connectivity index (χ2v) is 3.85. The van der Waals surface area contributed by atoms with E-state index in [4.69, 9.17) is 10.2 Å². The molecule has 96 valence electrons. The van der Waals surface area contributed by atoms with Gasteiger partial charge in [-0.2, -0.15) is 0 Å². The first-order valence-corrected chi connectivity index (χ1v) is 5.54. The summed E-state index contributed by atoms with van der Waals surface area (Å²) in [5.41, 5.74) is 0.522. The molecule has 0 spiro atoms.